The smallest absolute Gasteiger partial charge is 0.123 e. The van der Waals surface area contributed by atoms with Crippen molar-refractivity contribution >= 4 is 5.57 Å². The molecule has 1 rings (SSSR count). The Hall–Kier alpha value is -1.38. The van der Waals surface area contributed by atoms with E-state index >= 15 is 0 Å². The number of rotatable bonds is 2. The summed E-state index contributed by atoms with van der Waals surface area (Å²) < 4.78 is 14.0. The lowest BCUT2D eigenvalue weighted by atomic mass is 10.1. The minimum Gasteiger partial charge on any atom is -0.275 e. The van der Waals surface area contributed by atoms with Crippen LogP contribution in [0, 0.1) is 0 Å². The molecule has 0 aliphatic rings. The number of halogens is 1. The van der Waals surface area contributed by atoms with Gasteiger partial charge in [-0.15, -0.1) is 0 Å². The average molecular weight is 152 g/mol. The molecule has 2 nitrogen and oxygen atoms in total. The molecule has 1 aromatic rings. The van der Waals surface area contributed by atoms with Crippen LogP contribution in [0.2, 0.25) is 0 Å². The Labute approximate surface area is 64.6 Å². The molecule has 58 valence electrons. The first-order valence-corrected chi connectivity index (χ1v) is 3.14. The second-order valence-corrected chi connectivity index (χ2v) is 2.29. The van der Waals surface area contributed by atoms with Crippen molar-refractivity contribution in [3.63, 3.8) is 0 Å². The van der Waals surface area contributed by atoms with Crippen LogP contribution >= 0.6 is 0 Å². The van der Waals surface area contributed by atoms with Crippen LogP contribution in [0.1, 0.15) is 5.56 Å². The fraction of sp³-hybridized carbons (Fsp3) is 0.125. The third kappa shape index (κ3) is 1.55. The quantitative estimate of drug-likeness (QED) is 0.592. The Bertz CT molecular complexity index is 299. The summed E-state index contributed by atoms with van der Waals surface area (Å²) in [6.45, 7) is 6.65. The average Bonchev–Trinajstić information content (AvgIpc) is 2.34. The summed E-state index contributed by atoms with van der Waals surface area (Å²) in [7, 11) is 1.76. The molecule has 0 N–H and O–H groups in total. The summed E-state index contributed by atoms with van der Waals surface area (Å²) in [5.41, 5.74) is 0.957. The molecule has 0 unspecified atom stereocenters. The van der Waals surface area contributed by atoms with Gasteiger partial charge in [-0.2, -0.15) is 5.10 Å². The Kier molecular flexibility index (Phi) is 1.89. The zero-order chi connectivity index (χ0) is 8.43. The third-order valence-electron chi connectivity index (χ3n) is 1.38. The van der Waals surface area contributed by atoms with Crippen molar-refractivity contribution in [1.82, 2.24) is 9.78 Å². The molecule has 0 atom stereocenters. The largest absolute Gasteiger partial charge is 0.275 e. The van der Waals surface area contributed by atoms with E-state index in [1.165, 1.54) is 0 Å². The van der Waals surface area contributed by atoms with Gasteiger partial charge in [0.15, 0.2) is 0 Å². The van der Waals surface area contributed by atoms with Crippen molar-refractivity contribution in [3.8, 4) is 0 Å². The highest BCUT2D eigenvalue weighted by atomic mass is 19.1. The van der Waals surface area contributed by atoms with E-state index in [1.807, 2.05) is 0 Å². The van der Waals surface area contributed by atoms with E-state index in [9.17, 15) is 4.39 Å². The van der Waals surface area contributed by atoms with E-state index in [0.717, 1.165) is 0 Å². The van der Waals surface area contributed by atoms with Crippen LogP contribution in [0.15, 0.2) is 31.4 Å². The number of aromatic nitrogens is 2. The molecule has 0 aliphatic carbocycles. The molecule has 0 aromatic carbocycles. The standard InChI is InChI=1S/C8H9FN2/c1-6(7(2)9)8-4-10-11(3)5-8/h4-5H,1-2H2,3H3. The summed E-state index contributed by atoms with van der Waals surface area (Å²) in [6.07, 6.45) is 3.24. The second kappa shape index (κ2) is 2.70. The summed E-state index contributed by atoms with van der Waals surface area (Å²) in [4.78, 5) is 0. The highest BCUT2D eigenvalue weighted by Gasteiger charge is 2.03. The first-order valence-electron chi connectivity index (χ1n) is 3.14. The van der Waals surface area contributed by atoms with Crippen molar-refractivity contribution in [2.24, 2.45) is 7.05 Å². The molecule has 0 saturated carbocycles. The molecule has 11 heavy (non-hydrogen) atoms. The zero-order valence-corrected chi connectivity index (χ0v) is 6.34. The summed E-state index contributed by atoms with van der Waals surface area (Å²) in [6, 6.07) is 0. The van der Waals surface area contributed by atoms with Crippen LogP contribution < -0.4 is 0 Å². The van der Waals surface area contributed by atoms with Crippen molar-refractivity contribution < 1.29 is 4.39 Å². The molecule has 3 heteroatoms. The van der Waals surface area contributed by atoms with Gasteiger partial charge in [-0.1, -0.05) is 13.2 Å². The Morgan fingerprint density at radius 1 is 1.64 bits per heavy atom. The molecular formula is C8H9FN2. The minimum atomic E-state index is -0.516. The normalized spacial score (nSPS) is 9.64. The number of nitrogens with zero attached hydrogens (tertiary/aromatic N) is 2. The monoisotopic (exact) mass is 152 g/mol. The van der Waals surface area contributed by atoms with Gasteiger partial charge < -0.3 is 0 Å². The molecule has 0 fully saturated rings. The van der Waals surface area contributed by atoms with Crippen molar-refractivity contribution in [1.29, 1.82) is 0 Å². The Morgan fingerprint density at radius 2 is 2.27 bits per heavy atom. The summed E-state index contributed by atoms with van der Waals surface area (Å²) >= 11 is 0. The van der Waals surface area contributed by atoms with Gasteiger partial charge in [0.1, 0.15) is 5.83 Å². The van der Waals surface area contributed by atoms with Gasteiger partial charge in [0.2, 0.25) is 0 Å². The first kappa shape index (κ1) is 7.72. The lowest BCUT2D eigenvalue weighted by Crippen LogP contribution is -1.84. The van der Waals surface area contributed by atoms with Crippen LogP contribution in [0.25, 0.3) is 5.57 Å². The lowest BCUT2D eigenvalue weighted by molar-refractivity contribution is 0.678. The van der Waals surface area contributed by atoms with E-state index in [2.05, 4.69) is 18.3 Å². The summed E-state index contributed by atoms with van der Waals surface area (Å²) in [5, 5.41) is 3.87. The molecule has 0 radical (unpaired) electrons. The maximum atomic E-state index is 12.5. The molecule has 0 amide bonds. The van der Waals surface area contributed by atoms with Crippen LogP contribution in [0.4, 0.5) is 4.39 Å². The second-order valence-electron chi connectivity index (χ2n) is 2.29. The molecule has 1 heterocycles. The van der Waals surface area contributed by atoms with Gasteiger partial charge in [-0.05, 0) is 0 Å². The summed E-state index contributed by atoms with van der Waals surface area (Å²) in [5.74, 6) is -0.516. The fourth-order valence-electron chi connectivity index (χ4n) is 0.734. The van der Waals surface area contributed by atoms with E-state index in [0.29, 0.717) is 5.56 Å². The van der Waals surface area contributed by atoms with Crippen LogP contribution in [-0.2, 0) is 7.05 Å². The van der Waals surface area contributed by atoms with E-state index in [4.69, 9.17) is 0 Å². The van der Waals surface area contributed by atoms with Crippen LogP contribution in [0.5, 0.6) is 0 Å². The third-order valence-corrected chi connectivity index (χ3v) is 1.38. The van der Waals surface area contributed by atoms with Crippen LogP contribution in [-0.4, -0.2) is 9.78 Å². The van der Waals surface area contributed by atoms with Crippen molar-refractivity contribution in [2.75, 3.05) is 0 Å². The zero-order valence-electron chi connectivity index (χ0n) is 6.34. The van der Waals surface area contributed by atoms with Gasteiger partial charge in [0.05, 0.1) is 6.20 Å². The molecular weight excluding hydrogens is 143 g/mol. The molecule has 0 aliphatic heterocycles. The van der Waals surface area contributed by atoms with Crippen LogP contribution in [0.3, 0.4) is 0 Å². The number of allylic oxidation sites excluding steroid dienone is 2. The van der Waals surface area contributed by atoms with Gasteiger partial charge >= 0.3 is 0 Å². The lowest BCUT2D eigenvalue weighted by Gasteiger charge is -1.94. The number of hydrogen-bond acceptors (Lipinski definition) is 1. The van der Waals surface area contributed by atoms with Gasteiger partial charge in [-0.3, -0.25) is 4.68 Å². The topological polar surface area (TPSA) is 17.8 Å². The molecule has 0 spiro atoms. The molecule has 1 aromatic heterocycles. The van der Waals surface area contributed by atoms with Gasteiger partial charge in [-0.25, -0.2) is 4.39 Å². The minimum absolute atomic E-state index is 0.290. The van der Waals surface area contributed by atoms with Gasteiger partial charge in [0, 0.05) is 24.4 Å². The number of hydrogen-bond donors (Lipinski definition) is 0. The maximum Gasteiger partial charge on any atom is 0.123 e. The Balaban J connectivity index is 2.94. The SMILES string of the molecule is C=C(F)C(=C)c1cnn(C)c1. The predicted molar refractivity (Wildman–Crippen MR) is 42.5 cm³/mol. The first-order chi connectivity index (χ1) is 5.11. The van der Waals surface area contributed by atoms with Crippen molar-refractivity contribution in [3.05, 3.63) is 36.9 Å². The maximum absolute atomic E-state index is 12.5. The van der Waals surface area contributed by atoms with Gasteiger partial charge in [0.25, 0.3) is 0 Å². The highest BCUT2D eigenvalue weighted by Crippen LogP contribution is 2.18. The highest BCUT2D eigenvalue weighted by molar-refractivity contribution is 5.73. The molecule has 0 bridgehead atoms. The number of aryl methyl sites for hydroxylation is 1. The predicted octanol–water partition coefficient (Wildman–Crippen LogP) is 1.92. The molecule has 0 saturated heterocycles. The van der Waals surface area contributed by atoms with E-state index < -0.39 is 5.83 Å². The van der Waals surface area contributed by atoms with Crippen molar-refractivity contribution in [2.45, 2.75) is 0 Å². The van der Waals surface area contributed by atoms with E-state index in [-0.39, 0.29) is 5.57 Å². The fourth-order valence-corrected chi connectivity index (χ4v) is 0.734. The Morgan fingerprint density at radius 3 is 2.64 bits per heavy atom. The van der Waals surface area contributed by atoms with E-state index in [1.54, 1.807) is 24.1 Å².